The van der Waals surface area contributed by atoms with Crippen LogP contribution >= 0.6 is 11.8 Å². The molecule has 1 amide bonds. The third-order valence-corrected chi connectivity index (χ3v) is 3.87. The highest BCUT2D eigenvalue weighted by Gasteiger charge is 2.27. The molecule has 19 heavy (non-hydrogen) atoms. The first-order valence-electron chi connectivity index (χ1n) is 6.05. The molecular formula is C13H16N2O3S. The van der Waals surface area contributed by atoms with Crippen molar-refractivity contribution in [2.24, 2.45) is 0 Å². The molecule has 1 saturated heterocycles. The Morgan fingerprint density at radius 3 is 2.74 bits per heavy atom. The highest BCUT2D eigenvalue weighted by Crippen LogP contribution is 2.10. The molecule has 1 aliphatic heterocycles. The van der Waals surface area contributed by atoms with Gasteiger partial charge < -0.3 is 10.4 Å². The number of hydrogen-bond donors (Lipinski definition) is 3. The smallest absolute Gasteiger partial charge is 0.326 e. The second-order valence-corrected chi connectivity index (χ2v) is 5.39. The van der Waals surface area contributed by atoms with Crippen LogP contribution in [0.5, 0.6) is 0 Å². The highest BCUT2D eigenvalue weighted by atomic mass is 32.2. The topological polar surface area (TPSA) is 78.4 Å². The van der Waals surface area contributed by atoms with Crippen LogP contribution in [0.3, 0.4) is 0 Å². The van der Waals surface area contributed by atoms with E-state index in [0.717, 1.165) is 11.4 Å². The van der Waals surface area contributed by atoms with E-state index in [9.17, 15) is 14.7 Å². The Balaban J connectivity index is 1.96. The van der Waals surface area contributed by atoms with Crippen molar-refractivity contribution < 1.29 is 14.7 Å². The Morgan fingerprint density at radius 2 is 2.16 bits per heavy atom. The molecule has 1 fully saturated rings. The lowest BCUT2D eigenvalue weighted by atomic mass is 10.1. The SMILES string of the molecule is O=C(O)C(Cc1ccccc1)NC(=O)C1CSCN1. The first-order valence-corrected chi connectivity index (χ1v) is 7.20. The molecule has 2 atom stereocenters. The minimum atomic E-state index is -1.01. The fraction of sp³-hybridized carbons (Fsp3) is 0.385. The van der Waals surface area contributed by atoms with Crippen LogP contribution < -0.4 is 10.6 Å². The van der Waals surface area contributed by atoms with Crippen LogP contribution in [-0.4, -0.2) is 40.7 Å². The van der Waals surface area contributed by atoms with Crippen LogP contribution in [0.25, 0.3) is 0 Å². The minimum absolute atomic E-state index is 0.242. The summed E-state index contributed by atoms with van der Waals surface area (Å²) in [4.78, 5) is 23.1. The number of hydrogen-bond acceptors (Lipinski definition) is 4. The van der Waals surface area contributed by atoms with E-state index in [1.807, 2.05) is 30.3 Å². The fourth-order valence-electron chi connectivity index (χ4n) is 1.89. The number of thioether (sulfide) groups is 1. The van der Waals surface area contributed by atoms with Gasteiger partial charge in [0.15, 0.2) is 0 Å². The van der Waals surface area contributed by atoms with Crippen LogP contribution in [0.2, 0.25) is 0 Å². The maximum atomic E-state index is 11.9. The Morgan fingerprint density at radius 1 is 1.42 bits per heavy atom. The Kier molecular flexibility index (Phi) is 4.81. The summed E-state index contributed by atoms with van der Waals surface area (Å²) in [5.74, 6) is 0.161. The van der Waals surface area contributed by atoms with Gasteiger partial charge in [0.1, 0.15) is 6.04 Å². The summed E-state index contributed by atoms with van der Waals surface area (Å²) in [5, 5.41) is 14.8. The predicted molar refractivity (Wildman–Crippen MR) is 74.0 cm³/mol. The van der Waals surface area contributed by atoms with E-state index in [-0.39, 0.29) is 11.9 Å². The Bertz CT molecular complexity index is 446. The van der Waals surface area contributed by atoms with Gasteiger partial charge in [-0.25, -0.2) is 4.79 Å². The molecule has 1 aromatic rings. The van der Waals surface area contributed by atoms with Crippen molar-refractivity contribution in [1.29, 1.82) is 0 Å². The van der Waals surface area contributed by atoms with Gasteiger partial charge in [-0.2, -0.15) is 0 Å². The summed E-state index contributed by atoms with van der Waals surface area (Å²) in [6.07, 6.45) is 0.293. The lowest BCUT2D eigenvalue weighted by Crippen LogP contribution is -2.50. The number of carboxylic acid groups (broad SMARTS) is 1. The number of amides is 1. The summed E-state index contributed by atoms with van der Waals surface area (Å²) in [6.45, 7) is 0. The van der Waals surface area contributed by atoms with Gasteiger partial charge in [0.25, 0.3) is 0 Å². The molecule has 0 radical (unpaired) electrons. The maximum Gasteiger partial charge on any atom is 0.326 e. The average molecular weight is 280 g/mol. The Hall–Kier alpha value is -1.53. The van der Waals surface area contributed by atoms with E-state index in [4.69, 9.17) is 0 Å². The number of carbonyl (C=O) groups excluding carboxylic acids is 1. The van der Waals surface area contributed by atoms with Crippen LogP contribution in [-0.2, 0) is 16.0 Å². The molecule has 5 nitrogen and oxygen atoms in total. The molecule has 6 heteroatoms. The second kappa shape index (κ2) is 6.58. The van der Waals surface area contributed by atoms with Crippen molar-refractivity contribution in [2.45, 2.75) is 18.5 Å². The molecule has 1 aliphatic rings. The van der Waals surface area contributed by atoms with E-state index in [1.165, 1.54) is 0 Å². The zero-order valence-corrected chi connectivity index (χ0v) is 11.2. The molecule has 3 N–H and O–H groups in total. The lowest BCUT2D eigenvalue weighted by Gasteiger charge is -2.17. The molecular weight excluding hydrogens is 264 g/mol. The molecule has 1 aromatic carbocycles. The maximum absolute atomic E-state index is 11.9. The van der Waals surface area contributed by atoms with Gasteiger partial charge in [-0.05, 0) is 5.56 Å². The van der Waals surface area contributed by atoms with Gasteiger partial charge in [0.05, 0.1) is 6.04 Å². The van der Waals surface area contributed by atoms with Gasteiger partial charge in [-0.3, -0.25) is 10.1 Å². The summed E-state index contributed by atoms with van der Waals surface area (Å²) in [6, 6.07) is 8.11. The third-order valence-electron chi connectivity index (χ3n) is 2.93. The normalized spacial score (nSPS) is 19.9. The molecule has 0 aliphatic carbocycles. The van der Waals surface area contributed by atoms with Gasteiger partial charge in [-0.15, -0.1) is 11.8 Å². The Labute approximate surface area is 115 Å². The quantitative estimate of drug-likeness (QED) is 0.730. The number of benzene rings is 1. The van der Waals surface area contributed by atoms with Gasteiger partial charge in [0, 0.05) is 18.1 Å². The zero-order chi connectivity index (χ0) is 13.7. The summed E-state index contributed by atoms with van der Waals surface area (Å²) in [5.41, 5.74) is 0.893. The molecule has 0 aromatic heterocycles. The average Bonchev–Trinajstić information content (AvgIpc) is 2.93. The molecule has 0 bridgehead atoms. The molecule has 2 rings (SSSR count). The lowest BCUT2D eigenvalue weighted by molar-refractivity contribution is -0.142. The number of carbonyl (C=O) groups is 2. The van der Waals surface area contributed by atoms with E-state index >= 15 is 0 Å². The van der Waals surface area contributed by atoms with Crippen molar-refractivity contribution in [3.8, 4) is 0 Å². The highest BCUT2D eigenvalue weighted by molar-refractivity contribution is 7.99. The van der Waals surface area contributed by atoms with Crippen molar-refractivity contribution in [2.75, 3.05) is 11.6 Å². The number of carboxylic acids is 1. The monoisotopic (exact) mass is 280 g/mol. The molecule has 102 valence electrons. The van der Waals surface area contributed by atoms with Crippen LogP contribution in [0.1, 0.15) is 5.56 Å². The van der Waals surface area contributed by atoms with E-state index in [2.05, 4.69) is 10.6 Å². The molecule has 0 saturated carbocycles. The summed E-state index contributed by atoms with van der Waals surface area (Å²) >= 11 is 1.63. The minimum Gasteiger partial charge on any atom is -0.480 e. The third kappa shape index (κ3) is 3.97. The number of aliphatic carboxylic acids is 1. The van der Waals surface area contributed by atoms with Crippen molar-refractivity contribution in [1.82, 2.24) is 10.6 Å². The summed E-state index contributed by atoms with van der Waals surface area (Å²) in [7, 11) is 0. The number of nitrogens with one attached hydrogen (secondary N) is 2. The molecule has 1 heterocycles. The number of rotatable bonds is 5. The van der Waals surface area contributed by atoms with E-state index in [1.54, 1.807) is 11.8 Å². The largest absolute Gasteiger partial charge is 0.480 e. The van der Waals surface area contributed by atoms with Crippen molar-refractivity contribution in [3.05, 3.63) is 35.9 Å². The molecule has 0 spiro atoms. The van der Waals surface area contributed by atoms with E-state index < -0.39 is 12.0 Å². The van der Waals surface area contributed by atoms with Crippen molar-refractivity contribution in [3.63, 3.8) is 0 Å². The van der Waals surface area contributed by atoms with Gasteiger partial charge in [0.2, 0.25) is 5.91 Å². The predicted octanol–water partition coefficient (Wildman–Crippen LogP) is 0.461. The first-order chi connectivity index (χ1) is 9.16. The second-order valence-electron chi connectivity index (χ2n) is 4.36. The summed E-state index contributed by atoms with van der Waals surface area (Å²) < 4.78 is 0. The molecule has 2 unspecified atom stereocenters. The van der Waals surface area contributed by atoms with Crippen molar-refractivity contribution >= 4 is 23.6 Å². The first kappa shape index (κ1) is 13.9. The van der Waals surface area contributed by atoms with Crippen LogP contribution in [0.15, 0.2) is 30.3 Å². The van der Waals surface area contributed by atoms with E-state index in [0.29, 0.717) is 12.2 Å². The van der Waals surface area contributed by atoms with Gasteiger partial charge in [-0.1, -0.05) is 30.3 Å². The fourth-order valence-corrected chi connectivity index (χ4v) is 2.83. The van der Waals surface area contributed by atoms with Gasteiger partial charge >= 0.3 is 5.97 Å². The standard InChI is InChI=1S/C13H16N2O3S/c16-12(11-7-19-8-14-11)15-10(13(17)18)6-9-4-2-1-3-5-9/h1-5,10-11,14H,6-8H2,(H,15,16)(H,17,18). The van der Waals surface area contributed by atoms with Crippen LogP contribution in [0.4, 0.5) is 0 Å². The van der Waals surface area contributed by atoms with Crippen LogP contribution in [0, 0.1) is 0 Å². The zero-order valence-electron chi connectivity index (χ0n) is 10.3.